The van der Waals surface area contributed by atoms with Crippen molar-refractivity contribution >= 4 is 27.5 Å². The number of carbonyl (C=O) groups excluding carboxylic acids is 1. The molecular weight excluding hydrogens is 369 g/mol. The summed E-state index contributed by atoms with van der Waals surface area (Å²) in [4.78, 5) is 14.7. The number of anilines is 2. The van der Waals surface area contributed by atoms with E-state index in [-0.39, 0.29) is 11.7 Å². The number of carbonyl (C=O) groups is 1. The van der Waals surface area contributed by atoms with Crippen molar-refractivity contribution in [2.24, 2.45) is 0 Å². The average Bonchev–Trinajstić information content (AvgIpc) is 2.95. The molecule has 0 fully saturated rings. The topological polar surface area (TPSA) is 60.9 Å². The van der Waals surface area contributed by atoms with Crippen LogP contribution in [0.15, 0.2) is 48.5 Å². The van der Waals surface area contributed by atoms with Crippen LogP contribution in [0.1, 0.15) is 12.5 Å². The highest BCUT2D eigenvalue weighted by Gasteiger charge is 2.35. The SMILES string of the molecule is C[C@@H]1Cc2ccccc2N1C(=O)CN(c1ccccc1F)S(=O)(=O)N(C)C. The van der Waals surface area contributed by atoms with E-state index in [4.69, 9.17) is 0 Å². The monoisotopic (exact) mass is 391 g/mol. The maximum absolute atomic E-state index is 14.3. The Kier molecular flexibility index (Phi) is 5.21. The summed E-state index contributed by atoms with van der Waals surface area (Å²) in [5.41, 5.74) is 1.65. The zero-order valence-electron chi connectivity index (χ0n) is 15.5. The molecule has 1 heterocycles. The van der Waals surface area contributed by atoms with Crippen LogP contribution in [0.3, 0.4) is 0 Å². The van der Waals surface area contributed by atoms with Crippen LogP contribution in [0.5, 0.6) is 0 Å². The van der Waals surface area contributed by atoms with Crippen LogP contribution in [0.25, 0.3) is 0 Å². The summed E-state index contributed by atoms with van der Waals surface area (Å²) in [6, 6.07) is 13.0. The molecule has 0 aromatic heterocycles. The first-order chi connectivity index (χ1) is 12.7. The van der Waals surface area contributed by atoms with Gasteiger partial charge in [0.25, 0.3) is 0 Å². The number of para-hydroxylation sites is 2. The molecule has 0 spiro atoms. The van der Waals surface area contributed by atoms with Crippen molar-refractivity contribution in [1.29, 1.82) is 0 Å². The molecule has 1 amide bonds. The van der Waals surface area contributed by atoms with Crippen LogP contribution in [-0.2, 0) is 21.4 Å². The van der Waals surface area contributed by atoms with Crippen molar-refractivity contribution in [2.75, 3.05) is 29.8 Å². The van der Waals surface area contributed by atoms with Crippen LogP contribution in [0.2, 0.25) is 0 Å². The fourth-order valence-electron chi connectivity index (χ4n) is 3.29. The van der Waals surface area contributed by atoms with Gasteiger partial charge in [-0.25, -0.2) is 8.70 Å². The Morgan fingerprint density at radius 1 is 1.15 bits per heavy atom. The van der Waals surface area contributed by atoms with E-state index in [1.165, 1.54) is 38.4 Å². The molecule has 0 bridgehead atoms. The van der Waals surface area contributed by atoms with Crippen LogP contribution in [0.4, 0.5) is 15.8 Å². The van der Waals surface area contributed by atoms with Crippen molar-refractivity contribution in [3.8, 4) is 0 Å². The van der Waals surface area contributed by atoms with Gasteiger partial charge >= 0.3 is 10.2 Å². The van der Waals surface area contributed by atoms with Gasteiger partial charge in [-0.15, -0.1) is 0 Å². The predicted molar refractivity (Wildman–Crippen MR) is 103 cm³/mol. The number of hydrogen-bond acceptors (Lipinski definition) is 3. The molecule has 2 aromatic rings. The van der Waals surface area contributed by atoms with Crippen molar-refractivity contribution in [3.63, 3.8) is 0 Å². The largest absolute Gasteiger partial charge is 0.307 e. The summed E-state index contributed by atoms with van der Waals surface area (Å²) in [6.45, 7) is 1.42. The summed E-state index contributed by atoms with van der Waals surface area (Å²) in [5.74, 6) is -1.10. The summed E-state index contributed by atoms with van der Waals surface area (Å²) in [5, 5.41) is 0. The van der Waals surface area contributed by atoms with Gasteiger partial charge in [0.1, 0.15) is 12.4 Å². The molecule has 0 saturated heterocycles. The number of halogens is 1. The standard InChI is InChI=1S/C19H22FN3O3S/c1-14-12-15-8-4-6-10-17(15)23(14)19(24)13-22(27(25,26)21(2)3)18-11-7-5-9-16(18)20/h4-11,14H,12-13H2,1-3H3/t14-/m1/s1. The first-order valence-corrected chi connectivity index (χ1v) is 9.98. The molecule has 0 N–H and O–H groups in total. The lowest BCUT2D eigenvalue weighted by Gasteiger charge is -2.30. The smallest absolute Gasteiger partial charge is 0.304 e. The fourth-order valence-corrected chi connectivity index (χ4v) is 4.35. The second-order valence-corrected chi connectivity index (χ2v) is 8.76. The molecule has 8 heteroatoms. The van der Waals surface area contributed by atoms with Crippen molar-refractivity contribution in [1.82, 2.24) is 4.31 Å². The normalized spacial score (nSPS) is 16.5. The third-order valence-corrected chi connectivity index (χ3v) is 6.42. The lowest BCUT2D eigenvalue weighted by atomic mass is 10.1. The zero-order valence-corrected chi connectivity index (χ0v) is 16.3. The Bertz CT molecular complexity index is 962. The summed E-state index contributed by atoms with van der Waals surface area (Å²) >= 11 is 0. The molecule has 0 radical (unpaired) electrons. The molecule has 1 aliphatic rings. The minimum absolute atomic E-state index is 0.0977. The van der Waals surface area contributed by atoms with E-state index in [0.717, 1.165) is 19.9 Å². The number of benzene rings is 2. The van der Waals surface area contributed by atoms with E-state index in [2.05, 4.69) is 0 Å². The van der Waals surface area contributed by atoms with E-state index in [0.29, 0.717) is 6.42 Å². The van der Waals surface area contributed by atoms with Gasteiger partial charge in [0.05, 0.1) is 5.69 Å². The van der Waals surface area contributed by atoms with Gasteiger partial charge in [-0.1, -0.05) is 30.3 Å². The van der Waals surface area contributed by atoms with E-state index in [9.17, 15) is 17.6 Å². The maximum atomic E-state index is 14.3. The zero-order chi connectivity index (χ0) is 19.8. The highest BCUT2D eigenvalue weighted by Crippen LogP contribution is 2.32. The van der Waals surface area contributed by atoms with E-state index in [1.54, 1.807) is 4.90 Å². The van der Waals surface area contributed by atoms with Crippen molar-refractivity contribution in [3.05, 3.63) is 59.9 Å². The Hall–Kier alpha value is -2.45. The summed E-state index contributed by atoms with van der Waals surface area (Å²) in [6.07, 6.45) is 0.696. The van der Waals surface area contributed by atoms with Crippen LogP contribution in [-0.4, -0.2) is 45.3 Å². The second kappa shape index (κ2) is 7.28. The van der Waals surface area contributed by atoms with Gasteiger partial charge in [-0.3, -0.25) is 4.79 Å². The molecule has 27 heavy (non-hydrogen) atoms. The average molecular weight is 391 g/mol. The molecular formula is C19H22FN3O3S. The molecule has 6 nitrogen and oxygen atoms in total. The molecule has 144 valence electrons. The maximum Gasteiger partial charge on any atom is 0.304 e. The molecule has 0 saturated carbocycles. The highest BCUT2D eigenvalue weighted by atomic mass is 32.2. The highest BCUT2D eigenvalue weighted by molar-refractivity contribution is 7.90. The van der Waals surface area contributed by atoms with Gasteiger partial charge in [0.2, 0.25) is 5.91 Å². The predicted octanol–water partition coefficient (Wildman–Crippen LogP) is 2.42. The van der Waals surface area contributed by atoms with Crippen LogP contribution < -0.4 is 9.21 Å². The first-order valence-electron chi connectivity index (χ1n) is 8.58. The van der Waals surface area contributed by atoms with Gasteiger partial charge in [-0.05, 0) is 37.1 Å². The van der Waals surface area contributed by atoms with Gasteiger partial charge in [0.15, 0.2) is 0 Å². The lowest BCUT2D eigenvalue weighted by molar-refractivity contribution is -0.117. The second-order valence-electron chi connectivity index (χ2n) is 6.69. The molecule has 1 atom stereocenters. The Morgan fingerprint density at radius 2 is 1.78 bits per heavy atom. The number of amides is 1. The van der Waals surface area contributed by atoms with E-state index >= 15 is 0 Å². The lowest BCUT2D eigenvalue weighted by Crippen LogP contribution is -2.48. The molecule has 1 aliphatic heterocycles. The Balaban J connectivity index is 1.98. The minimum Gasteiger partial charge on any atom is -0.307 e. The first kappa shape index (κ1) is 19.3. The van der Waals surface area contributed by atoms with Crippen molar-refractivity contribution in [2.45, 2.75) is 19.4 Å². The van der Waals surface area contributed by atoms with Crippen LogP contribution >= 0.6 is 0 Å². The van der Waals surface area contributed by atoms with Gasteiger partial charge < -0.3 is 4.90 Å². The minimum atomic E-state index is -4.05. The molecule has 0 aliphatic carbocycles. The molecule has 0 unspecified atom stereocenters. The quantitative estimate of drug-likeness (QED) is 0.786. The van der Waals surface area contributed by atoms with Gasteiger partial charge in [0, 0.05) is 25.8 Å². The van der Waals surface area contributed by atoms with Crippen LogP contribution in [0, 0.1) is 5.82 Å². The number of hydrogen-bond donors (Lipinski definition) is 0. The Morgan fingerprint density at radius 3 is 2.44 bits per heavy atom. The number of nitrogens with zero attached hydrogens (tertiary/aromatic N) is 3. The summed E-state index contributed by atoms with van der Waals surface area (Å²) in [7, 11) is -1.36. The van der Waals surface area contributed by atoms with E-state index in [1.807, 2.05) is 31.2 Å². The van der Waals surface area contributed by atoms with Gasteiger partial charge in [-0.2, -0.15) is 12.7 Å². The summed E-state index contributed by atoms with van der Waals surface area (Å²) < 4.78 is 41.7. The number of rotatable bonds is 5. The number of fused-ring (bicyclic) bond motifs is 1. The third kappa shape index (κ3) is 3.54. The fraction of sp³-hybridized carbons (Fsp3) is 0.316. The third-order valence-electron chi connectivity index (χ3n) is 4.62. The Labute approximate surface area is 159 Å². The molecule has 3 rings (SSSR count). The van der Waals surface area contributed by atoms with Crippen molar-refractivity contribution < 1.29 is 17.6 Å². The van der Waals surface area contributed by atoms with E-state index < -0.39 is 28.5 Å². The molecule has 2 aromatic carbocycles.